The second kappa shape index (κ2) is 5.40. The zero-order valence-corrected chi connectivity index (χ0v) is 12.9. The van der Waals surface area contributed by atoms with Crippen LogP contribution < -0.4 is 5.14 Å². The molecule has 1 aromatic rings. The lowest BCUT2D eigenvalue weighted by molar-refractivity contribution is 0.0486. The van der Waals surface area contributed by atoms with Gasteiger partial charge in [0.2, 0.25) is 10.0 Å². The first kappa shape index (κ1) is 14.8. The van der Waals surface area contributed by atoms with E-state index in [1.54, 1.807) is 0 Å². The number of halogens is 2. The van der Waals surface area contributed by atoms with Crippen molar-refractivity contribution in [3.8, 4) is 0 Å². The van der Waals surface area contributed by atoms with E-state index in [1.165, 1.54) is 6.07 Å². The number of carbonyl (C=O) groups is 1. The van der Waals surface area contributed by atoms with Gasteiger partial charge >= 0.3 is 5.97 Å². The van der Waals surface area contributed by atoms with Crippen LogP contribution in [0.4, 0.5) is 0 Å². The van der Waals surface area contributed by atoms with Crippen LogP contribution >= 0.6 is 27.5 Å². The molecule has 1 aliphatic carbocycles. The minimum Gasteiger partial charge on any atom is -0.462 e. The van der Waals surface area contributed by atoms with Gasteiger partial charge in [0, 0.05) is 4.47 Å². The molecule has 2 N–H and O–H groups in total. The SMILES string of the molecule is NS(=O)(=O)c1cc(C(=O)OCC2CC2)c(Cl)cc1Br. The summed E-state index contributed by atoms with van der Waals surface area (Å²) in [6.45, 7) is 0.329. The lowest BCUT2D eigenvalue weighted by atomic mass is 10.2. The zero-order valence-electron chi connectivity index (χ0n) is 9.73. The summed E-state index contributed by atoms with van der Waals surface area (Å²) >= 11 is 8.95. The molecule has 19 heavy (non-hydrogen) atoms. The van der Waals surface area contributed by atoms with Crippen molar-refractivity contribution in [3.05, 3.63) is 27.2 Å². The van der Waals surface area contributed by atoms with E-state index in [1.807, 2.05) is 0 Å². The van der Waals surface area contributed by atoms with Crippen molar-refractivity contribution in [2.45, 2.75) is 17.7 Å². The fourth-order valence-corrected chi connectivity index (χ4v) is 3.47. The van der Waals surface area contributed by atoms with Crippen molar-refractivity contribution in [2.24, 2.45) is 11.1 Å². The largest absolute Gasteiger partial charge is 0.462 e. The van der Waals surface area contributed by atoms with Gasteiger partial charge in [0.1, 0.15) is 0 Å². The van der Waals surface area contributed by atoms with Crippen molar-refractivity contribution in [2.75, 3.05) is 6.61 Å². The summed E-state index contributed by atoms with van der Waals surface area (Å²) in [6, 6.07) is 2.44. The van der Waals surface area contributed by atoms with Gasteiger partial charge in [-0.25, -0.2) is 18.4 Å². The van der Waals surface area contributed by atoms with Gasteiger partial charge in [0.15, 0.2) is 0 Å². The summed E-state index contributed by atoms with van der Waals surface area (Å²) < 4.78 is 28.0. The smallest absolute Gasteiger partial charge is 0.339 e. The summed E-state index contributed by atoms with van der Waals surface area (Å²) in [5.74, 6) is -0.231. The van der Waals surface area contributed by atoms with E-state index in [2.05, 4.69) is 15.9 Å². The van der Waals surface area contributed by atoms with E-state index in [0.29, 0.717) is 12.5 Å². The number of hydrogen-bond acceptors (Lipinski definition) is 4. The van der Waals surface area contributed by atoms with Crippen molar-refractivity contribution >= 4 is 43.5 Å². The molecule has 0 heterocycles. The van der Waals surface area contributed by atoms with E-state index in [4.69, 9.17) is 21.5 Å². The third-order valence-corrected chi connectivity index (χ3v) is 4.88. The Labute approximate surface area is 124 Å². The van der Waals surface area contributed by atoms with Crippen LogP contribution in [0.1, 0.15) is 23.2 Å². The molecular weight excluding hydrogens is 358 g/mol. The molecule has 0 unspecified atom stereocenters. The molecule has 0 atom stereocenters. The Balaban J connectivity index is 2.30. The number of benzene rings is 1. The fraction of sp³-hybridized carbons (Fsp3) is 0.364. The average molecular weight is 369 g/mol. The molecule has 0 radical (unpaired) electrons. The van der Waals surface area contributed by atoms with E-state index in [9.17, 15) is 13.2 Å². The highest BCUT2D eigenvalue weighted by Gasteiger charge is 2.25. The third-order valence-electron chi connectivity index (χ3n) is 2.70. The van der Waals surface area contributed by atoms with Gasteiger partial charge in [0.25, 0.3) is 0 Å². The highest BCUT2D eigenvalue weighted by Crippen LogP contribution is 2.31. The van der Waals surface area contributed by atoms with Crippen LogP contribution in [0, 0.1) is 5.92 Å². The van der Waals surface area contributed by atoms with E-state index in [0.717, 1.165) is 18.9 Å². The van der Waals surface area contributed by atoms with Crippen LogP contribution in [-0.4, -0.2) is 21.0 Å². The molecule has 0 aromatic heterocycles. The maximum Gasteiger partial charge on any atom is 0.339 e. The van der Waals surface area contributed by atoms with Crippen LogP contribution in [0.25, 0.3) is 0 Å². The molecule has 104 valence electrons. The number of sulfonamides is 1. The monoisotopic (exact) mass is 367 g/mol. The summed E-state index contributed by atoms with van der Waals surface area (Å²) in [7, 11) is -3.94. The number of carbonyl (C=O) groups excluding carboxylic acids is 1. The van der Waals surface area contributed by atoms with Crippen LogP contribution in [-0.2, 0) is 14.8 Å². The normalized spacial score (nSPS) is 15.3. The van der Waals surface area contributed by atoms with Gasteiger partial charge < -0.3 is 4.74 Å². The molecule has 0 bridgehead atoms. The molecule has 1 aromatic carbocycles. The standard InChI is InChI=1S/C11H11BrClNO4S/c12-8-4-9(13)7(3-10(8)19(14,16)17)11(15)18-5-6-1-2-6/h3-4,6H,1-2,5H2,(H2,14,16,17). The molecule has 8 heteroatoms. The maximum atomic E-state index is 11.8. The minimum atomic E-state index is -3.94. The molecular formula is C11H11BrClNO4S. The first-order valence-electron chi connectivity index (χ1n) is 5.48. The number of primary sulfonamides is 1. The van der Waals surface area contributed by atoms with Crippen LogP contribution in [0.15, 0.2) is 21.5 Å². The van der Waals surface area contributed by atoms with Crippen LogP contribution in [0.2, 0.25) is 5.02 Å². The summed E-state index contributed by atoms with van der Waals surface area (Å²) in [6.07, 6.45) is 2.09. The predicted molar refractivity (Wildman–Crippen MR) is 73.5 cm³/mol. The quantitative estimate of drug-likeness (QED) is 0.826. The maximum absolute atomic E-state index is 11.8. The Morgan fingerprint density at radius 1 is 1.47 bits per heavy atom. The van der Waals surface area contributed by atoms with E-state index >= 15 is 0 Å². The molecule has 1 aliphatic rings. The molecule has 1 saturated carbocycles. The van der Waals surface area contributed by atoms with Crippen LogP contribution in [0.5, 0.6) is 0 Å². The number of rotatable bonds is 4. The first-order chi connectivity index (χ1) is 8.79. The second-order valence-corrected chi connectivity index (χ2v) is 7.14. The Morgan fingerprint density at radius 2 is 2.11 bits per heavy atom. The lowest BCUT2D eigenvalue weighted by Crippen LogP contribution is -2.15. The molecule has 2 rings (SSSR count). The minimum absolute atomic E-state index is 0.00505. The van der Waals surface area contributed by atoms with Gasteiger partial charge in [-0.1, -0.05) is 11.6 Å². The Morgan fingerprint density at radius 3 is 2.63 bits per heavy atom. The summed E-state index contributed by atoms with van der Waals surface area (Å²) in [5.41, 5.74) is -0.00505. The van der Waals surface area contributed by atoms with Gasteiger partial charge in [0.05, 0.1) is 22.1 Å². The molecule has 0 spiro atoms. The first-order valence-corrected chi connectivity index (χ1v) is 8.19. The summed E-state index contributed by atoms with van der Waals surface area (Å²) in [5, 5.41) is 5.17. The van der Waals surface area contributed by atoms with E-state index in [-0.39, 0.29) is 20.0 Å². The third kappa shape index (κ3) is 3.68. The number of hydrogen-bond donors (Lipinski definition) is 1. The van der Waals surface area contributed by atoms with Gasteiger partial charge in [-0.15, -0.1) is 0 Å². The number of esters is 1. The molecule has 0 aliphatic heterocycles. The fourth-order valence-electron chi connectivity index (χ4n) is 1.46. The molecule has 5 nitrogen and oxygen atoms in total. The average Bonchev–Trinajstić information content (AvgIpc) is 3.07. The van der Waals surface area contributed by atoms with Gasteiger partial charge in [-0.05, 0) is 46.8 Å². The van der Waals surface area contributed by atoms with Gasteiger partial charge in [-0.3, -0.25) is 0 Å². The van der Waals surface area contributed by atoms with Crippen molar-refractivity contribution in [3.63, 3.8) is 0 Å². The Kier molecular flexibility index (Phi) is 4.20. The van der Waals surface area contributed by atoms with Gasteiger partial charge in [-0.2, -0.15) is 0 Å². The van der Waals surface area contributed by atoms with Crippen LogP contribution in [0.3, 0.4) is 0 Å². The second-order valence-electron chi connectivity index (χ2n) is 4.35. The lowest BCUT2D eigenvalue weighted by Gasteiger charge is -2.09. The number of nitrogens with two attached hydrogens (primary N) is 1. The Bertz CT molecular complexity index is 628. The van der Waals surface area contributed by atoms with Crippen molar-refractivity contribution in [1.82, 2.24) is 0 Å². The Hall–Kier alpha value is -0.630. The topological polar surface area (TPSA) is 86.5 Å². The van der Waals surface area contributed by atoms with Crippen molar-refractivity contribution in [1.29, 1.82) is 0 Å². The zero-order chi connectivity index (χ0) is 14.2. The molecule has 0 amide bonds. The molecule has 0 saturated heterocycles. The number of ether oxygens (including phenoxy) is 1. The molecule has 1 fully saturated rings. The summed E-state index contributed by atoms with van der Waals surface area (Å²) in [4.78, 5) is 11.6. The van der Waals surface area contributed by atoms with Crippen molar-refractivity contribution < 1.29 is 17.9 Å². The predicted octanol–water partition coefficient (Wildman–Crippen LogP) is 2.32. The highest BCUT2D eigenvalue weighted by molar-refractivity contribution is 9.10. The van der Waals surface area contributed by atoms with E-state index < -0.39 is 16.0 Å². The highest BCUT2D eigenvalue weighted by atomic mass is 79.9.